The number of pyridine rings is 1. The molecule has 0 atom stereocenters. The summed E-state index contributed by atoms with van der Waals surface area (Å²) < 4.78 is 8.51. The molecule has 2 N–H and O–H groups in total. The molecule has 3 aromatic carbocycles. The summed E-state index contributed by atoms with van der Waals surface area (Å²) in [4.78, 5) is 41.9. The number of aromatic nitrogens is 6. The molecule has 0 aliphatic carbocycles. The summed E-state index contributed by atoms with van der Waals surface area (Å²) in [5, 5.41) is 15.6. The third kappa shape index (κ3) is 6.74. The van der Waals surface area contributed by atoms with Crippen molar-refractivity contribution in [3.8, 4) is 22.5 Å². The molecule has 0 unspecified atom stereocenters. The monoisotopic (exact) mass is 635 g/mol. The minimum absolute atomic E-state index is 0.184. The van der Waals surface area contributed by atoms with Crippen LogP contribution in [0, 0.1) is 0 Å². The van der Waals surface area contributed by atoms with Crippen molar-refractivity contribution >= 4 is 40.1 Å². The molecule has 12 heteroatoms. The molecule has 0 bridgehead atoms. The molecular formula is C34H30ClN7O4. The quantitative estimate of drug-likeness (QED) is 0.192. The molecule has 11 nitrogen and oxygen atoms in total. The first-order valence-electron chi connectivity index (χ1n) is 14.5. The second-order valence-corrected chi connectivity index (χ2v) is 12.1. The summed E-state index contributed by atoms with van der Waals surface area (Å²) in [6.07, 6.45) is 3.78. The summed E-state index contributed by atoms with van der Waals surface area (Å²) in [5.74, 6) is -0.629. The summed E-state index contributed by atoms with van der Waals surface area (Å²) in [6, 6.07) is 23.2. The van der Waals surface area contributed by atoms with E-state index < -0.39 is 11.6 Å². The molecule has 46 heavy (non-hydrogen) atoms. The summed E-state index contributed by atoms with van der Waals surface area (Å²) in [6.45, 7) is 5.43. The Morgan fingerprint density at radius 2 is 1.80 bits per heavy atom. The molecule has 0 aliphatic heterocycles. The Balaban J connectivity index is 1.17. The van der Waals surface area contributed by atoms with E-state index in [1.165, 1.54) is 17.1 Å². The SMILES string of the molecule is CC(C)(C)OC(=O)c1cc2cc(NC(=O)CCc3ccccc3-n3ccc(-c4cc(Cl)ccc4-n4cnnn4)cc3=O)ccc2[nH]1. The number of esters is 1. The highest BCUT2D eigenvalue weighted by Gasteiger charge is 2.20. The number of H-pyrrole nitrogens is 1. The van der Waals surface area contributed by atoms with E-state index in [2.05, 4.69) is 25.8 Å². The number of amides is 1. The molecule has 6 aromatic rings. The van der Waals surface area contributed by atoms with Gasteiger partial charge in [-0.2, -0.15) is 4.68 Å². The van der Waals surface area contributed by atoms with E-state index in [9.17, 15) is 14.4 Å². The number of fused-ring (bicyclic) bond motifs is 1. The van der Waals surface area contributed by atoms with Crippen LogP contribution in [-0.4, -0.2) is 47.2 Å². The molecule has 1 amide bonds. The second kappa shape index (κ2) is 12.4. The standard InChI is InChI=1S/C34H30ClN7O4/c1-34(2,3)46-33(45)28-17-23-16-25(10-11-27(23)38-28)37-31(43)13-8-21-6-4-5-7-29(21)41-15-14-22(18-32(41)44)26-19-24(35)9-12-30(26)42-20-36-39-40-42/h4-7,9-12,14-20,38H,8,13H2,1-3H3,(H,37,43). The fourth-order valence-electron chi connectivity index (χ4n) is 5.14. The average molecular weight is 636 g/mol. The lowest BCUT2D eigenvalue weighted by Gasteiger charge is -2.18. The van der Waals surface area contributed by atoms with Crippen molar-refractivity contribution in [1.29, 1.82) is 0 Å². The van der Waals surface area contributed by atoms with Gasteiger partial charge < -0.3 is 15.0 Å². The Morgan fingerprint density at radius 3 is 2.57 bits per heavy atom. The van der Waals surface area contributed by atoms with E-state index in [4.69, 9.17) is 16.3 Å². The van der Waals surface area contributed by atoms with Crippen LogP contribution >= 0.6 is 11.6 Å². The number of nitrogens with one attached hydrogen (secondary N) is 2. The highest BCUT2D eigenvalue weighted by molar-refractivity contribution is 6.31. The van der Waals surface area contributed by atoms with E-state index in [0.29, 0.717) is 45.3 Å². The van der Waals surface area contributed by atoms with Crippen molar-refractivity contribution in [1.82, 2.24) is 29.8 Å². The molecule has 0 radical (unpaired) electrons. The van der Waals surface area contributed by atoms with Crippen LogP contribution in [0.15, 0.2) is 96.2 Å². The molecule has 0 aliphatic rings. The largest absolute Gasteiger partial charge is 0.455 e. The van der Waals surface area contributed by atoms with Gasteiger partial charge in [-0.25, -0.2) is 4.79 Å². The van der Waals surface area contributed by atoms with Crippen molar-refractivity contribution in [3.05, 3.63) is 118 Å². The van der Waals surface area contributed by atoms with Gasteiger partial charge >= 0.3 is 5.97 Å². The van der Waals surface area contributed by atoms with Crippen LogP contribution in [0.5, 0.6) is 0 Å². The highest BCUT2D eigenvalue weighted by Crippen LogP contribution is 2.29. The molecule has 6 rings (SSSR count). The number of carbonyl (C=O) groups is 2. The van der Waals surface area contributed by atoms with Gasteiger partial charge in [0.05, 0.1) is 11.4 Å². The van der Waals surface area contributed by atoms with Gasteiger partial charge in [-0.1, -0.05) is 29.8 Å². The Hall–Kier alpha value is -5.55. The molecule has 0 saturated heterocycles. The van der Waals surface area contributed by atoms with Crippen LogP contribution in [0.3, 0.4) is 0 Å². The van der Waals surface area contributed by atoms with Crippen LogP contribution in [0.4, 0.5) is 5.69 Å². The number of anilines is 1. The number of para-hydroxylation sites is 1. The minimum atomic E-state index is -0.610. The van der Waals surface area contributed by atoms with Gasteiger partial charge in [-0.3, -0.25) is 14.2 Å². The van der Waals surface area contributed by atoms with E-state index >= 15 is 0 Å². The maximum Gasteiger partial charge on any atom is 0.355 e. The molecule has 3 aromatic heterocycles. The van der Waals surface area contributed by atoms with E-state index in [0.717, 1.165) is 16.5 Å². The maximum atomic E-state index is 13.4. The van der Waals surface area contributed by atoms with Crippen molar-refractivity contribution in [2.24, 2.45) is 0 Å². The number of carbonyl (C=O) groups excluding carboxylic acids is 2. The number of nitrogens with zero attached hydrogens (tertiary/aromatic N) is 5. The van der Waals surface area contributed by atoms with Crippen molar-refractivity contribution in [3.63, 3.8) is 0 Å². The van der Waals surface area contributed by atoms with Crippen LogP contribution in [0.1, 0.15) is 43.2 Å². The Bertz CT molecular complexity index is 2130. The second-order valence-electron chi connectivity index (χ2n) is 11.7. The number of benzene rings is 3. The lowest BCUT2D eigenvalue weighted by molar-refractivity contribution is -0.116. The van der Waals surface area contributed by atoms with Crippen LogP contribution < -0.4 is 10.9 Å². The number of hydrogen-bond donors (Lipinski definition) is 2. The fourth-order valence-corrected chi connectivity index (χ4v) is 5.31. The lowest BCUT2D eigenvalue weighted by Crippen LogP contribution is -2.24. The summed E-state index contributed by atoms with van der Waals surface area (Å²) in [5.41, 5.74) is 4.40. The predicted molar refractivity (Wildman–Crippen MR) is 176 cm³/mol. The van der Waals surface area contributed by atoms with Crippen LogP contribution in [-0.2, 0) is 16.0 Å². The van der Waals surface area contributed by atoms with Gasteiger partial charge in [-0.05, 0) is 103 Å². The van der Waals surface area contributed by atoms with E-state index in [-0.39, 0.29) is 17.9 Å². The molecule has 3 heterocycles. The first-order chi connectivity index (χ1) is 22.0. The van der Waals surface area contributed by atoms with Crippen LogP contribution in [0.25, 0.3) is 33.4 Å². The molecule has 0 saturated carbocycles. The molecule has 232 valence electrons. The van der Waals surface area contributed by atoms with E-state index in [1.807, 2.05) is 51.1 Å². The molecule has 0 fully saturated rings. The zero-order valence-electron chi connectivity index (χ0n) is 25.3. The van der Waals surface area contributed by atoms with Gasteiger partial charge in [0.2, 0.25) is 5.91 Å². The zero-order valence-corrected chi connectivity index (χ0v) is 26.1. The number of halogens is 1. The number of hydrogen-bond acceptors (Lipinski definition) is 7. The van der Waals surface area contributed by atoms with Crippen molar-refractivity contribution in [2.45, 2.75) is 39.2 Å². The smallest absolute Gasteiger partial charge is 0.355 e. The number of rotatable bonds is 8. The number of ether oxygens (including phenoxy) is 1. The minimum Gasteiger partial charge on any atom is -0.455 e. The van der Waals surface area contributed by atoms with Crippen LogP contribution in [0.2, 0.25) is 5.02 Å². The first kappa shape index (κ1) is 30.5. The Morgan fingerprint density at radius 1 is 0.978 bits per heavy atom. The Kier molecular flexibility index (Phi) is 8.25. The average Bonchev–Trinajstić information content (AvgIpc) is 3.70. The fraction of sp³-hybridized carbons (Fsp3) is 0.176. The topological polar surface area (TPSA) is 137 Å². The van der Waals surface area contributed by atoms with Gasteiger partial charge in [0, 0.05) is 45.9 Å². The number of aromatic amines is 1. The van der Waals surface area contributed by atoms with E-state index in [1.54, 1.807) is 53.2 Å². The normalized spacial score (nSPS) is 11.5. The predicted octanol–water partition coefficient (Wildman–Crippen LogP) is 6.14. The number of aryl methyl sites for hydroxylation is 1. The summed E-state index contributed by atoms with van der Waals surface area (Å²) in [7, 11) is 0. The zero-order chi connectivity index (χ0) is 32.4. The third-order valence-electron chi connectivity index (χ3n) is 7.18. The molecule has 0 spiro atoms. The van der Waals surface area contributed by atoms with Gasteiger partial charge in [0.15, 0.2) is 0 Å². The van der Waals surface area contributed by atoms with Crippen molar-refractivity contribution in [2.75, 3.05) is 5.32 Å². The van der Waals surface area contributed by atoms with Gasteiger partial charge in [0.25, 0.3) is 5.56 Å². The first-order valence-corrected chi connectivity index (χ1v) is 14.9. The van der Waals surface area contributed by atoms with Gasteiger partial charge in [0.1, 0.15) is 17.6 Å². The third-order valence-corrected chi connectivity index (χ3v) is 7.42. The Labute approximate surface area is 268 Å². The number of tetrazole rings is 1. The lowest BCUT2D eigenvalue weighted by atomic mass is 10.0. The maximum absolute atomic E-state index is 13.4. The van der Waals surface area contributed by atoms with Crippen molar-refractivity contribution < 1.29 is 14.3 Å². The summed E-state index contributed by atoms with van der Waals surface area (Å²) >= 11 is 6.29. The molecular weight excluding hydrogens is 606 g/mol. The van der Waals surface area contributed by atoms with Gasteiger partial charge in [-0.15, -0.1) is 5.10 Å². The highest BCUT2D eigenvalue weighted by atomic mass is 35.5.